The van der Waals surface area contributed by atoms with E-state index in [1.807, 2.05) is 17.5 Å². The van der Waals surface area contributed by atoms with Crippen molar-refractivity contribution < 1.29 is 14.4 Å². The number of thiophene rings is 1. The zero-order valence-electron chi connectivity index (χ0n) is 10.9. The van der Waals surface area contributed by atoms with Gasteiger partial charge >= 0.3 is 0 Å². The third-order valence-electron chi connectivity index (χ3n) is 2.90. The predicted molar refractivity (Wildman–Crippen MR) is 79.1 cm³/mol. The molecule has 0 aliphatic rings. The Morgan fingerprint density at radius 2 is 2.10 bits per heavy atom. The molecule has 0 spiro atoms. The van der Waals surface area contributed by atoms with Crippen molar-refractivity contribution in [2.75, 3.05) is 0 Å². The van der Waals surface area contributed by atoms with Crippen LogP contribution in [0, 0.1) is 0 Å². The maximum Gasteiger partial charge on any atom is 0.273 e. The highest BCUT2D eigenvalue weighted by Gasteiger charge is 2.13. The minimum atomic E-state index is -0.297. The van der Waals surface area contributed by atoms with E-state index in [4.69, 9.17) is 4.52 Å². The van der Waals surface area contributed by atoms with Crippen LogP contribution in [0.25, 0.3) is 10.6 Å². The van der Waals surface area contributed by atoms with E-state index in [1.165, 1.54) is 11.3 Å². The predicted octanol–water partition coefficient (Wildman–Crippen LogP) is 3.04. The first-order chi connectivity index (χ1) is 10.2. The van der Waals surface area contributed by atoms with Crippen LogP contribution in [-0.2, 0) is 6.54 Å². The number of benzene rings is 1. The van der Waals surface area contributed by atoms with E-state index in [0.29, 0.717) is 12.3 Å². The SMILES string of the molecule is O=C(NCc1ccc(O)cc1)c1cc(-c2cccs2)on1. The molecular weight excluding hydrogens is 288 g/mol. The molecule has 0 bridgehead atoms. The zero-order valence-corrected chi connectivity index (χ0v) is 11.8. The van der Waals surface area contributed by atoms with Crippen LogP contribution in [0.2, 0.25) is 0 Å². The third-order valence-corrected chi connectivity index (χ3v) is 3.78. The van der Waals surface area contributed by atoms with Gasteiger partial charge in [0.2, 0.25) is 0 Å². The van der Waals surface area contributed by atoms with Crippen LogP contribution in [0.5, 0.6) is 5.75 Å². The Kier molecular flexibility index (Phi) is 3.70. The number of hydrogen-bond acceptors (Lipinski definition) is 5. The molecule has 2 N–H and O–H groups in total. The van der Waals surface area contributed by atoms with Crippen molar-refractivity contribution in [3.8, 4) is 16.4 Å². The summed E-state index contributed by atoms with van der Waals surface area (Å²) in [7, 11) is 0. The van der Waals surface area contributed by atoms with Crippen LogP contribution in [0.3, 0.4) is 0 Å². The number of nitrogens with one attached hydrogen (secondary N) is 1. The Bertz CT molecular complexity index is 733. The highest BCUT2D eigenvalue weighted by Crippen LogP contribution is 2.25. The third kappa shape index (κ3) is 3.11. The summed E-state index contributed by atoms with van der Waals surface area (Å²) in [4.78, 5) is 12.9. The first-order valence-corrected chi connectivity index (χ1v) is 7.17. The molecule has 106 valence electrons. The summed E-state index contributed by atoms with van der Waals surface area (Å²) in [5, 5.41) is 17.7. The Labute approximate surface area is 124 Å². The van der Waals surface area contributed by atoms with E-state index in [-0.39, 0.29) is 17.4 Å². The van der Waals surface area contributed by atoms with Crippen LogP contribution < -0.4 is 5.32 Å². The van der Waals surface area contributed by atoms with Gasteiger partial charge in [-0.2, -0.15) is 0 Å². The molecule has 0 unspecified atom stereocenters. The first-order valence-electron chi connectivity index (χ1n) is 6.29. The number of phenolic OH excluding ortho intramolecular Hbond substituents is 1. The maximum absolute atomic E-state index is 12.0. The lowest BCUT2D eigenvalue weighted by Gasteiger charge is -2.02. The fourth-order valence-electron chi connectivity index (χ4n) is 1.80. The van der Waals surface area contributed by atoms with Crippen LogP contribution in [0.4, 0.5) is 0 Å². The maximum atomic E-state index is 12.0. The van der Waals surface area contributed by atoms with Gasteiger partial charge in [0.15, 0.2) is 11.5 Å². The second kappa shape index (κ2) is 5.80. The second-order valence-corrected chi connectivity index (χ2v) is 5.35. The van der Waals surface area contributed by atoms with Gasteiger partial charge in [-0.1, -0.05) is 23.4 Å². The molecule has 0 radical (unpaired) electrons. The summed E-state index contributed by atoms with van der Waals surface area (Å²) in [5.41, 5.74) is 1.14. The number of aromatic nitrogens is 1. The van der Waals surface area contributed by atoms with Gasteiger partial charge in [-0.3, -0.25) is 4.79 Å². The Hall–Kier alpha value is -2.60. The lowest BCUT2D eigenvalue weighted by molar-refractivity contribution is 0.0942. The molecule has 2 heterocycles. The highest BCUT2D eigenvalue weighted by atomic mass is 32.1. The standard InChI is InChI=1S/C15H12N2O3S/c18-11-5-3-10(4-6-11)9-16-15(19)12-8-13(20-17-12)14-2-1-7-21-14/h1-8,18H,9H2,(H,16,19). The van der Waals surface area contributed by atoms with Crippen molar-refractivity contribution in [3.63, 3.8) is 0 Å². The van der Waals surface area contributed by atoms with Crippen molar-refractivity contribution >= 4 is 17.2 Å². The largest absolute Gasteiger partial charge is 0.508 e. The molecule has 0 saturated heterocycles. The Morgan fingerprint density at radius 3 is 2.81 bits per heavy atom. The van der Waals surface area contributed by atoms with Gasteiger partial charge in [-0.05, 0) is 29.1 Å². The number of carbonyl (C=O) groups is 1. The molecule has 0 aliphatic carbocycles. The average Bonchev–Trinajstić information content (AvgIpc) is 3.17. The van der Waals surface area contributed by atoms with Crippen molar-refractivity contribution in [2.45, 2.75) is 6.54 Å². The number of phenols is 1. The van der Waals surface area contributed by atoms with E-state index in [9.17, 15) is 9.90 Å². The Balaban J connectivity index is 1.64. The van der Waals surface area contributed by atoms with Gasteiger partial charge in [0.1, 0.15) is 5.75 Å². The molecule has 1 amide bonds. The summed E-state index contributed by atoms with van der Waals surface area (Å²) in [5.74, 6) is 0.483. The molecule has 3 aromatic rings. The minimum absolute atomic E-state index is 0.196. The molecule has 2 aromatic heterocycles. The number of nitrogens with zero attached hydrogens (tertiary/aromatic N) is 1. The van der Waals surface area contributed by atoms with E-state index in [0.717, 1.165) is 10.4 Å². The monoisotopic (exact) mass is 300 g/mol. The molecule has 21 heavy (non-hydrogen) atoms. The zero-order chi connectivity index (χ0) is 14.7. The van der Waals surface area contributed by atoms with Crippen LogP contribution in [0.1, 0.15) is 16.1 Å². The Morgan fingerprint density at radius 1 is 1.29 bits per heavy atom. The summed E-state index contributed by atoms with van der Waals surface area (Å²) in [6, 6.07) is 12.1. The average molecular weight is 300 g/mol. The van der Waals surface area contributed by atoms with Crippen molar-refractivity contribution in [1.82, 2.24) is 10.5 Å². The van der Waals surface area contributed by atoms with Crippen LogP contribution in [0.15, 0.2) is 52.4 Å². The molecule has 0 saturated carbocycles. The van der Waals surface area contributed by atoms with Gasteiger partial charge in [-0.25, -0.2) is 0 Å². The van der Waals surface area contributed by atoms with E-state index >= 15 is 0 Å². The summed E-state index contributed by atoms with van der Waals surface area (Å²) < 4.78 is 5.16. The normalized spacial score (nSPS) is 10.5. The summed E-state index contributed by atoms with van der Waals surface area (Å²) in [6.07, 6.45) is 0. The van der Waals surface area contributed by atoms with E-state index in [1.54, 1.807) is 30.3 Å². The van der Waals surface area contributed by atoms with Crippen molar-refractivity contribution in [3.05, 3.63) is 59.1 Å². The lowest BCUT2D eigenvalue weighted by atomic mass is 10.2. The van der Waals surface area contributed by atoms with Gasteiger partial charge in [0.05, 0.1) is 4.88 Å². The number of hydrogen-bond donors (Lipinski definition) is 2. The molecule has 0 aliphatic heterocycles. The minimum Gasteiger partial charge on any atom is -0.508 e. The number of rotatable bonds is 4. The first kappa shape index (κ1) is 13.4. The van der Waals surface area contributed by atoms with E-state index in [2.05, 4.69) is 10.5 Å². The van der Waals surface area contributed by atoms with Crippen molar-refractivity contribution in [1.29, 1.82) is 0 Å². The van der Waals surface area contributed by atoms with E-state index < -0.39 is 0 Å². The molecule has 0 fully saturated rings. The van der Waals surface area contributed by atoms with Gasteiger partial charge < -0.3 is 14.9 Å². The second-order valence-electron chi connectivity index (χ2n) is 4.40. The van der Waals surface area contributed by atoms with Gasteiger partial charge in [0.25, 0.3) is 5.91 Å². The number of aromatic hydroxyl groups is 1. The van der Waals surface area contributed by atoms with Gasteiger partial charge in [0, 0.05) is 12.6 Å². The molecule has 5 nitrogen and oxygen atoms in total. The number of carbonyl (C=O) groups excluding carboxylic acids is 1. The highest BCUT2D eigenvalue weighted by molar-refractivity contribution is 7.13. The fourth-order valence-corrected chi connectivity index (χ4v) is 2.48. The molecular formula is C15H12N2O3S. The van der Waals surface area contributed by atoms with Crippen LogP contribution in [-0.4, -0.2) is 16.2 Å². The fraction of sp³-hybridized carbons (Fsp3) is 0.0667. The van der Waals surface area contributed by atoms with Crippen molar-refractivity contribution in [2.24, 2.45) is 0 Å². The summed E-state index contributed by atoms with van der Waals surface area (Å²) in [6.45, 7) is 0.361. The van der Waals surface area contributed by atoms with Gasteiger partial charge in [-0.15, -0.1) is 11.3 Å². The molecule has 3 rings (SSSR count). The molecule has 6 heteroatoms. The lowest BCUT2D eigenvalue weighted by Crippen LogP contribution is -2.22. The number of amides is 1. The smallest absolute Gasteiger partial charge is 0.273 e. The summed E-state index contributed by atoms with van der Waals surface area (Å²) >= 11 is 1.52. The van der Waals surface area contributed by atoms with Crippen LogP contribution >= 0.6 is 11.3 Å². The molecule has 0 atom stereocenters. The topological polar surface area (TPSA) is 75.4 Å². The quantitative estimate of drug-likeness (QED) is 0.776. The molecule has 1 aromatic carbocycles.